The van der Waals surface area contributed by atoms with Crippen LogP contribution in [0.25, 0.3) is 0 Å². The summed E-state index contributed by atoms with van der Waals surface area (Å²) in [5.74, 6) is -0.245. The van der Waals surface area contributed by atoms with Gasteiger partial charge in [0.1, 0.15) is 11.4 Å². The molecule has 0 unspecified atom stereocenters. The molecule has 96 valence electrons. The predicted molar refractivity (Wildman–Crippen MR) is 69.1 cm³/mol. The van der Waals surface area contributed by atoms with Crippen LogP contribution >= 0.6 is 23.3 Å². The van der Waals surface area contributed by atoms with Gasteiger partial charge >= 0.3 is 0 Å². The summed E-state index contributed by atoms with van der Waals surface area (Å²) >= 11 is 7.00. The number of nitrogens with zero attached hydrogens (tertiary/aromatic N) is 5. The van der Waals surface area contributed by atoms with Gasteiger partial charge in [-0.25, -0.2) is 0 Å². The van der Waals surface area contributed by atoms with Crippen LogP contribution in [0.15, 0.2) is 12.4 Å². The fourth-order valence-electron chi connectivity index (χ4n) is 1.44. The number of halogens is 1. The van der Waals surface area contributed by atoms with Crippen molar-refractivity contribution >= 4 is 29.1 Å². The molecule has 0 saturated heterocycles. The average Bonchev–Trinajstić information content (AvgIpc) is 2.94. The zero-order valence-corrected chi connectivity index (χ0v) is 11.6. The Hall–Kier alpha value is -1.31. The normalized spacial score (nSPS) is 11.1. The standard InChI is InChI=1S/C10H12ClN5OS/c1-15(2)3-4-16-9(7(11)5-12-16)10(17)8-6-13-18-14-8/h5-6H,3-4H2,1-2H3. The Balaban J connectivity index is 2.26. The maximum Gasteiger partial charge on any atom is 0.233 e. The molecule has 0 saturated carbocycles. The van der Waals surface area contributed by atoms with Gasteiger partial charge in [0, 0.05) is 6.54 Å². The monoisotopic (exact) mass is 285 g/mol. The van der Waals surface area contributed by atoms with E-state index in [4.69, 9.17) is 11.6 Å². The molecular weight excluding hydrogens is 274 g/mol. The second kappa shape index (κ2) is 5.55. The number of hydrogen-bond donors (Lipinski definition) is 0. The summed E-state index contributed by atoms with van der Waals surface area (Å²) in [4.78, 5) is 14.2. The minimum absolute atomic E-state index is 0.245. The van der Waals surface area contributed by atoms with Crippen LogP contribution in [0, 0.1) is 0 Å². The fraction of sp³-hybridized carbons (Fsp3) is 0.400. The van der Waals surface area contributed by atoms with E-state index >= 15 is 0 Å². The highest BCUT2D eigenvalue weighted by Crippen LogP contribution is 2.18. The molecule has 0 aliphatic carbocycles. The molecule has 2 aromatic heterocycles. The van der Waals surface area contributed by atoms with Crippen LogP contribution in [-0.2, 0) is 6.54 Å². The molecule has 0 aromatic carbocycles. The van der Waals surface area contributed by atoms with Crippen molar-refractivity contribution in [2.45, 2.75) is 6.54 Å². The van der Waals surface area contributed by atoms with Gasteiger partial charge < -0.3 is 4.90 Å². The van der Waals surface area contributed by atoms with Gasteiger partial charge in [0.05, 0.1) is 35.7 Å². The first-order valence-electron chi connectivity index (χ1n) is 5.28. The van der Waals surface area contributed by atoms with Gasteiger partial charge in [0.2, 0.25) is 5.78 Å². The predicted octanol–water partition coefficient (Wildman–Crippen LogP) is 1.18. The molecular formula is C10H12ClN5OS. The van der Waals surface area contributed by atoms with E-state index in [-0.39, 0.29) is 5.78 Å². The molecule has 2 aromatic rings. The minimum Gasteiger partial charge on any atom is -0.308 e. The number of aromatic nitrogens is 4. The average molecular weight is 286 g/mol. The molecule has 0 atom stereocenters. The van der Waals surface area contributed by atoms with Crippen molar-refractivity contribution in [1.29, 1.82) is 0 Å². The van der Waals surface area contributed by atoms with Gasteiger partial charge in [-0.2, -0.15) is 13.8 Å². The summed E-state index contributed by atoms with van der Waals surface area (Å²) in [6, 6.07) is 0. The lowest BCUT2D eigenvalue weighted by Gasteiger charge is -2.11. The smallest absolute Gasteiger partial charge is 0.233 e. The Morgan fingerprint density at radius 1 is 1.50 bits per heavy atom. The van der Waals surface area contributed by atoms with Gasteiger partial charge in [-0.05, 0) is 14.1 Å². The van der Waals surface area contributed by atoms with Crippen molar-refractivity contribution in [2.75, 3.05) is 20.6 Å². The van der Waals surface area contributed by atoms with E-state index in [1.807, 2.05) is 19.0 Å². The van der Waals surface area contributed by atoms with E-state index in [0.29, 0.717) is 23.0 Å². The summed E-state index contributed by atoms with van der Waals surface area (Å²) in [5.41, 5.74) is 0.666. The van der Waals surface area contributed by atoms with Gasteiger partial charge in [-0.1, -0.05) is 11.6 Å². The van der Waals surface area contributed by atoms with Crippen LogP contribution in [0.4, 0.5) is 0 Å². The number of carbonyl (C=O) groups is 1. The van der Waals surface area contributed by atoms with Crippen LogP contribution in [0.1, 0.15) is 16.2 Å². The van der Waals surface area contributed by atoms with Crippen molar-refractivity contribution in [3.63, 3.8) is 0 Å². The SMILES string of the molecule is CN(C)CCn1ncc(Cl)c1C(=O)c1cnsn1. The van der Waals surface area contributed by atoms with Crippen molar-refractivity contribution in [1.82, 2.24) is 23.4 Å². The summed E-state index contributed by atoms with van der Waals surface area (Å²) < 4.78 is 9.34. The molecule has 0 N–H and O–H groups in total. The highest BCUT2D eigenvalue weighted by atomic mass is 35.5. The van der Waals surface area contributed by atoms with E-state index in [0.717, 1.165) is 18.3 Å². The number of likely N-dealkylation sites (N-methyl/N-ethyl adjacent to an activating group) is 1. The second-order valence-electron chi connectivity index (χ2n) is 3.99. The zero-order chi connectivity index (χ0) is 13.1. The molecule has 18 heavy (non-hydrogen) atoms. The van der Waals surface area contributed by atoms with E-state index in [2.05, 4.69) is 13.8 Å². The number of carbonyl (C=O) groups excluding carboxylic acids is 1. The third-order valence-corrected chi connectivity index (χ3v) is 3.12. The molecule has 0 radical (unpaired) electrons. The van der Waals surface area contributed by atoms with Crippen LogP contribution < -0.4 is 0 Å². The first-order valence-corrected chi connectivity index (χ1v) is 6.38. The maximum absolute atomic E-state index is 12.2. The summed E-state index contributed by atoms with van der Waals surface area (Å²) in [5, 5.41) is 4.45. The quantitative estimate of drug-likeness (QED) is 0.772. The third kappa shape index (κ3) is 2.74. The molecule has 0 bridgehead atoms. The number of rotatable bonds is 5. The minimum atomic E-state index is -0.245. The topological polar surface area (TPSA) is 63.9 Å². The Kier molecular flexibility index (Phi) is 4.05. The van der Waals surface area contributed by atoms with Crippen LogP contribution in [0.5, 0.6) is 0 Å². The Labute approximate surface area is 114 Å². The molecule has 2 heterocycles. The Bertz CT molecular complexity index is 536. The summed E-state index contributed by atoms with van der Waals surface area (Å²) in [7, 11) is 3.91. The molecule has 0 aliphatic rings. The summed E-state index contributed by atoms with van der Waals surface area (Å²) in [6.45, 7) is 1.37. The van der Waals surface area contributed by atoms with E-state index in [1.165, 1.54) is 12.4 Å². The van der Waals surface area contributed by atoms with Gasteiger partial charge in [0.25, 0.3) is 0 Å². The second-order valence-corrected chi connectivity index (χ2v) is 4.95. The fourth-order valence-corrected chi connectivity index (χ4v) is 2.08. The number of hydrogen-bond acceptors (Lipinski definition) is 6. The Morgan fingerprint density at radius 2 is 2.28 bits per heavy atom. The first kappa shape index (κ1) is 13.1. The zero-order valence-electron chi connectivity index (χ0n) is 10.00. The van der Waals surface area contributed by atoms with Crippen LogP contribution in [0.3, 0.4) is 0 Å². The largest absolute Gasteiger partial charge is 0.308 e. The highest BCUT2D eigenvalue weighted by Gasteiger charge is 2.21. The van der Waals surface area contributed by atoms with Crippen LogP contribution in [-0.4, -0.2) is 49.9 Å². The lowest BCUT2D eigenvalue weighted by Crippen LogP contribution is -2.21. The van der Waals surface area contributed by atoms with E-state index < -0.39 is 0 Å². The third-order valence-electron chi connectivity index (χ3n) is 2.36. The molecule has 8 heteroatoms. The number of ketones is 1. The first-order chi connectivity index (χ1) is 8.59. The van der Waals surface area contributed by atoms with Crippen molar-refractivity contribution in [3.05, 3.63) is 28.8 Å². The van der Waals surface area contributed by atoms with Crippen molar-refractivity contribution in [3.8, 4) is 0 Å². The Morgan fingerprint density at radius 3 is 2.89 bits per heavy atom. The molecule has 0 amide bonds. The molecule has 0 fully saturated rings. The summed E-state index contributed by atoms with van der Waals surface area (Å²) in [6.07, 6.45) is 2.91. The highest BCUT2D eigenvalue weighted by molar-refractivity contribution is 6.99. The van der Waals surface area contributed by atoms with Gasteiger partial charge in [-0.15, -0.1) is 0 Å². The lowest BCUT2D eigenvalue weighted by molar-refractivity contribution is 0.102. The van der Waals surface area contributed by atoms with Crippen LogP contribution in [0.2, 0.25) is 5.02 Å². The lowest BCUT2D eigenvalue weighted by atomic mass is 10.2. The molecule has 0 spiro atoms. The molecule has 2 rings (SSSR count). The maximum atomic E-state index is 12.2. The van der Waals surface area contributed by atoms with Crippen molar-refractivity contribution < 1.29 is 4.79 Å². The molecule has 0 aliphatic heterocycles. The van der Waals surface area contributed by atoms with E-state index in [1.54, 1.807) is 4.68 Å². The van der Waals surface area contributed by atoms with Gasteiger partial charge in [0.15, 0.2) is 0 Å². The molecule has 6 nitrogen and oxygen atoms in total. The van der Waals surface area contributed by atoms with Crippen molar-refractivity contribution in [2.24, 2.45) is 0 Å². The van der Waals surface area contributed by atoms with E-state index in [9.17, 15) is 4.79 Å². The van der Waals surface area contributed by atoms with Gasteiger partial charge in [-0.3, -0.25) is 9.48 Å².